The fraction of sp³-hybridized carbons (Fsp3) is 0.235. The monoisotopic (exact) mass is 365 g/mol. The minimum atomic E-state index is -0.981. The third-order valence-electron chi connectivity index (χ3n) is 3.17. The van der Waals surface area contributed by atoms with Crippen molar-refractivity contribution in [1.29, 1.82) is 0 Å². The van der Waals surface area contributed by atoms with Crippen LogP contribution in [0.15, 0.2) is 41.8 Å². The molecule has 2 aromatic rings. The maximum Gasteiger partial charge on any atom is 0.308 e. The molecule has 0 aliphatic rings. The molecule has 24 heavy (non-hydrogen) atoms. The van der Waals surface area contributed by atoms with Crippen molar-refractivity contribution in [2.75, 3.05) is 6.61 Å². The minimum Gasteiger partial charge on any atom is -0.466 e. The zero-order chi connectivity index (χ0) is 17.5. The number of hydrogen-bond donors (Lipinski definition) is 1. The third kappa shape index (κ3) is 4.91. The van der Waals surface area contributed by atoms with Crippen molar-refractivity contribution in [2.24, 2.45) is 0 Å². The number of amides is 1. The summed E-state index contributed by atoms with van der Waals surface area (Å²) in [6.45, 7) is 1.89. The molecule has 7 heteroatoms. The summed E-state index contributed by atoms with van der Waals surface area (Å²) in [6.07, 6.45) is -0.218. The first-order valence-corrected chi connectivity index (χ1v) is 8.56. The smallest absolute Gasteiger partial charge is 0.308 e. The number of thiophene rings is 1. The van der Waals surface area contributed by atoms with Crippen LogP contribution in [0.25, 0.3) is 0 Å². The topological polar surface area (TPSA) is 72.5 Å². The number of ketones is 1. The number of rotatable bonds is 7. The molecular formula is C17H16ClNO4S. The summed E-state index contributed by atoms with van der Waals surface area (Å²) in [4.78, 5) is 37.1. The van der Waals surface area contributed by atoms with Crippen molar-refractivity contribution in [2.45, 2.75) is 19.4 Å². The maximum atomic E-state index is 12.5. The quantitative estimate of drug-likeness (QED) is 0.603. The molecular weight excluding hydrogens is 350 g/mol. The second-order valence-electron chi connectivity index (χ2n) is 4.88. The van der Waals surface area contributed by atoms with E-state index in [-0.39, 0.29) is 18.8 Å². The summed E-state index contributed by atoms with van der Waals surface area (Å²) in [7, 11) is 0. The number of hydrogen-bond acceptors (Lipinski definition) is 5. The lowest BCUT2D eigenvalue weighted by Crippen LogP contribution is -2.42. The molecule has 5 nitrogen and oxygen atoms in total. The predicted octanol–water partition coefficient (Wildman–Crippen LogP) is 3.34. The van der Waals surface area contributed by atoms with Gasteiger partial charge in [-0.3, -0.25) is 14.4 Å². The Balaban J connectivity index is 2.15. The van der Waals surface area contributed by atoms with Gasteiger partial charge in [0.15, 0.2) is 5.78 Å². The molecule has 0 aliphatic carbocycles. The number of esters is 1. The summed E-state index contributed by atoms with van der Waals surface area (Å²) in [5.74, 6) is -1.31. The average molecular weight is 366 g/mol. The van der Waals surface area contributed by atoms with Crippen LogP contribution >= 0.6 is 22.9 Å². The van der Waals surface area contributed by atoms with Crippen LogP contribution in [0, 0.1) is 0 Å². The van der Waals surface area contributed by atoms with E-state index in [1.165, 1.54) is 11.3 Å². The Morgan fingerprint density at radius 1 is 1.21 bits per heavy atom. The van der Waals surface area contributed by atoms with Gasteiger partial charge in [0.05, 0.1) is 17.9 Å². The molecule has 1 aromatic carbocycles. The predicted molar refractivity (Wildman–Crippen MR) is 92.6 cm³/mol. The molecule has 1 atom stereocenters. The number of nitrogens with one attached hydrogen (secondary N) is 1. The summed E-state index contributed by atoms with van der Waals surface area (Å²) in [5.41, 5.74) is 0.354. The van der Waals surface area contributed by atoms with Crippen molar-refractivity contribution in [1.82, 2.24) is 5.32 Å². The Labute approximate surface area is 148 Å². The lowest BCUT2D eigenvalue weighted by atomic mass is 10.1. The molecule has 0 bridgehead atoms. The molecule has 126 valence electrons. The molecule has 0 saturated heterocycles. The molecule has 0 saturated carbocycles. The van der Waals surface area contributed by atoms with E-state index in [1.807, 2.05) is 0 Å². The number of carbonyl (C=O) groups is 3. The zero-order valence-corrected chi connectivity index (χ0v) is 14.5. The summed E-state index contributed by atoms with van der Waals surface area (Å²) in [6, 6.07) is 8.67. The Morgan fingerprint density at radius 2 is 1.92 bits per heavy atom. The largest absolute Gasteiger partial charge is 0.466 e. The number of halogens is 1. The van der Waals surface area contributed by atoms with Gasteiger partial charge >= 0.3 is 5.97 Å². The molecule has 1 amide bonds. The average Bonchev–Trinajstić information content (AvgIpc) is 3.08. The highest BCUT2D eigenvalue weighted by atomic mass is 35.5. The van der Waals surface area contributed by atoms with E-state index in [4.69, 9.17) is 16.3 Å². The minimum absolute atomic E-state index is 0.212. The lowest BCUT2D eigenvalue weighted by molar-refractivity contribution is -0.143. The van der Waals surface area contributed by atoms with Crippen LogP contribution in [0.5, 0.6) is 0 Å². The van der Waals surface area contributed by atoms with Crippen molar-refractivity contribution in [3.63, 3.8) is 0 Å². The van der Waals surface area contributed by atoms with Crippen molar-refractivity contribution in [3.8, 4) is 0 Å². The number of ether oxygens (including phenoxy) is 1. The van der Waals surface area contributed by atoms with Crippen LogP contribution < -0.4 is 5.32 Å². The van der Waals surface area contributed by atoms with Gasteiger partial charge in [0.1, 0.15) is 6.04 Å². The van der Waals surface area contributed by atoms with E-state index >= 15 is 0 Å². The summed E-state index contributed by atoms with van der Waals surface area (Å²) in [5, 5.41) is 4.87. The standard InChI is InChI=1S/C17H16ClNO4S/c1-2-23-15(20)10-13(16(21)14-4-3-9-24-14)19-17(22)11-5-7-12(18)8-6-11/h3-9,13H,2,10H2,1H3,(H,19,22). The first-order chi connectivity index (χ1) is 11.5. The van der Waals surface area contributed by atoms with Gasteiger partial charge in [-0.05, 0) is 42.6 Å². The second-order valence-corrected chi connectivity index (χ2v) is 6.27. The number of benzene rings is 1. The molecule has 0 spiro atoms. The third-order valence-corrected chi connectivity index (χ3v) is 4.30. The van der Waals surface area contributed by atoms with Gasteiger partial charge in [0.2, 0.25) is 0 Å². The summed E-state index contributed by atoms with van der Waals surface area (Å²) >= 11 is 7.05. The molecule has 1 N–H and O–H groups in total. The molecule has 1 aromatic heterocycles. The number of Topliss-reactive ketones (excluding diaryl/α,β-unsaturated/α-hetero) is 1. The first-order valence-electron chi connectivity index (χ1n) is 7.31. The highest BCUT2D eigenvalue weighted by Gasteiger charge is 2.26. The van der Waals surface area contributed by atoms with Gasteiger partial charge in [-0.25, -0.2) is 0 Å². The highest BCUT2D eigenvalue weighted by molar-refractivity contribution is 7.12. The van der Waals surface area contributed by atoms with Gasteiger partial charge in [-0.2, -0.15) is 0 Å². The van der Waals surface area contributed by atoms with Crippen LogP contribution in [0.2, 0.25) is 5.02 Å². The Bertz CT molecular complexity index is 713. The highest BCUT2D eigenvalue weighted by Crippen LogP contribution is 2.15. The van der Waals surface area contributed by atoms with Crippen molar-refractivity contribution < 1.29 is 19.1 Å². The number of carbonyl (C=O) groups excluding carboxylic acids is 3. The molecule has 0 radical (unpaired) electrons. The van der Waals surface area contributed by atoms with Crippen LogP contribution in [-0.2, 0) is 9.53 Å². The van der Waals surface area contributed by atoms with E-state index in [0.29, 0.717) is 15.5 Å². The van der Waals surface area contributed by atoms with Crippen molar-refractivity contribution >= 4 is 40.6 Å². The van der Waals surface area contributed by atoms with E-state index in [0.717, 1.165) is 0 Å². The Kier molecular flexibility index (Phi) is 6.52. The molecule has 1 unspecified atom stereocenters. The Morgan fingerprint density at radius 3 is 2.50 bits per heavy atom. The van der Waals surface area contributed by atoms with E-state index < -0.39 is 17.9 Å². The first kappa shape index (κ1) is 18.2. The van der Waals surface area contributed by atoms with Crippen LogP contribution in [-0.4, -0.2) is 30.3 Å². The van der Waals surface area contributed by atoms with E-state index in [1.54, 1.807) is 48.7 Å². The van der Waals surface area contributed by atoms with Gasteiger partial charge in [-0.1, -0.05) is 17.7 Å². The zero-order valence-electron chi connectivity index (χ0n) is 13.0. The molecule has 1 heterocycles. The van der Waals surface area contributed by atoms with Gasteiger partial charge in [-0.15, -0.1) is 11.3 Å². The van der Waals surface area contributed by atoms with Gasteiger partial charge in [0, 0.05) is 10.6 Å². The normalized spacial score (nSPS) is 11.6. The summed E-state index contributed by atoms with van der Waals surface area (Å²) < 4.78 is 4.89. The van der Waals surface area contributed by atoms with Crippen molar-refractivity contribution in [3.05, 3.63) is 57.2 Å². The fourth-order valence-electron chi connectivity index (χ4n) is 2.03. The maximum absolute atomic E-state index is 12.5. The molecule has 0 fully saturated rings. The fourth-order valence-corrected chi connectivity index (χ4v) is 2.87. The van der Waals surface area contributed by atoms with Crippen LogP contribution in [0.4, 0.5) is 0 Å². The molecule has 2 rings (SSSR count). The van der Waals surface area contributed by atoms with Gasteiger partial charge < -0.3 is 10.1 Å². The van der Waals surface area contributed by atoms with Crippen LogP contribution in [0.1, 0.15) is 33.4 Å². The van der Waals surface area contributed by atoms with Crippen LogP contribution in [0.3, 0.4) is 0 Å². The Hall–Kier alpha value is -2.18. The van der Waals surface area contributed by atoms with E-state index in [9.17, 15) is 14.4 Å². The molecule has 0 aliphatic heterocycles. The van der Waals surface area contributed by atoms with E-state index in [2.05, 4.69) is 5.32 Å². The van der Waals surface area contributed by atoms with Gasteiger partial charge in [0.25, 0.3) is 5.91 Å². The SMILES string of the molecule is CCOC(=O)CC(NC(=O)c1ccc(Cl)cc1)C(=O)c1cccs1. The lowest BCUT2D eigenvalue weighted by Gasteiger charge is -2.16. The second kappa shape index (κ2) is 8.61.